The van der Waals surface area contributed by atoms with E-state index in [4.69, 9.17) is 4.74 Å². The third-order valence-electron chi connectivity index (χ3n) is 4.02. The van der Waals surface area contributed by atoms with Crippen LogP contribution in [0.15, 0.2) is 84.9 Å². The van der Waals surface area contributed by atoms with Crippen LogP contribution in [0.1, 0.15) is 71.3 Å². The highest BCUT2D eigenvalue weighted by Crippen LogP contribution is 2.19. The van der Waals surface area contributed by atoms with Crippen molar-refractivity contribution in [1.29, 1.82) is 0 Å². The molecule has 0 fully saturated rings. The average Bonchev–Trinajstić information content (AvgIpc) is 2.92. The number of hydrogen-bond donors (Lipinski definition) is 0. The second-order valence-corrected chi connectivity index (χ2v) is 6.22. The summed E-state index contributed by atoms with van der Waals surface area (Å²) in [6, 6.07) is 25.3. The van der Waals surface area contributed by atoms with Crippen molar-refractivity contribution >= 4 is 17.6 Å². The molecule has 0 atom stereocenters. The molecule has 0 N–H and O–H groups in total. The minimum Gasteiger partial charge on any atom is -0.497 e. The van der Waals surface area contributed by atoms with E-state index in [0.29, 0.717) is 0 Å². The van der Waals surface area contributed by atoms with Gasteiger partial charge in [-0.15, -0.1) is 0 Å². The molecule has 0 radical (unpaired) electrons. The van der Waals surface area contributed by atoms with Crippen LogP contribution < -0.4 is 4.74 Å². The summed E-state index contributed by atoms with van der Waals surface area (Å²) in [5.41, 5.74) is 4.07. The Morgan fingerprint density at radius 2 is 1.12 bits per heavy atom. The van der Waals surface area contributed by atoms with Crippen molar-refractivity contribution in [3.05, 3.63) is 96.1 Å². The largest absolute Gasteiger partial charge is 0.497 e. The molecule has 0 spiro atoms. The predicted octanol–water partition coefficient (Wildman–Crippen LogP) is 8.93. The second-order valence-electron chi connectivity index (χ2n) is 6.22. The number of allylic oxidation sites excluding steroid dienone is 1. The van der Waals surface area contributed by atoms with Crippen LogP contribution in [0.25, 0.3) is 17.2 Å². The Balaban J connectivity index is 0. The minimum atomic E-state index is 0.0517. The highest BCUT2D eigenvalue weighted by atomic mass is 16.5. The number of carbonyl (C=O) groups excluding carboxylic acids is 2. The van der Waals surface area contributed by atoms with Crippen LogP contribution in [0.4, 0.5) is 0 Å². The molecule has 0 aliphatic rings. The summed E-state index contributed by atoms with van der Waals surface area (Å²) in [6.45, 7) is 15.1. The van der Waals surface area contributed by atoms with E-state index in [-0.39, 0.29) is 11.6 Å². The van der Waals surface area contributed by atoms with E-state index < -0.39 is 0 Å². The maximum atomic E-state index is 11.1. The first-order valence-electron chi connectivity index (χ1n) is 12.0. The van der Waals surface area contributed by atoms with Gasteiger partial charge in [0.1, 0.15) is 5.75 Å². The van der Waals surface area contributed by atoms with Crippen molar-refractivity contribution < 1.29 is 14.3 Å². The van der Waals surface area contributed by atoms with Crippen molar-refractivity contribution in [2.45, 2.75) is 55.4 Å². The first-order valence-corrected chi connectivity index (χ1v) is 12.0. The van der Waals surface area contributed by atoms with Crippen LogP contribution in [-0.4, -0.2) is 18.7 Å². The lowest BCUT2D eigenvalue weighted by Gasteiger charge is -2.01. The molecule has 3 nitrogen and oxygen atoms in total. The fraction of sp³-hybridized carbons (Fsp3) is 0.290. The lowest BCUT2D eigenvalue weighted by Crippen LogP contribution is -1.90. The molecule has 3 rings (SSSR count). The lowest BCUT2D eigenvalue weighted by molar-refractivity contribution is -0.112. The third kappa shape index (κ3) is 13.8. The number of hydrogen-bond acceptors (Lipinski definition) is 3. The van der Waals surface area contributed by atoms with Crippen LogP contribution in [0.5, 0.6) is 5.75 Å². The van der Waals surface area contributed by atoms with E-state index in [9.17, 15) is 9.59 Å². The van der Waals surface area contributed by atoms with Gasteiger partial charge in [0, 0.05) is 5.56 Å². The number of rotatable bonds is 5. The number of methoxy groups -OCH3 is 1. The van der Waals surface area contributed by atoms with E-state index in [1.165, 1.54) is 12.5 Å². The van der Waals surface area contributed by atoms with Crippen LogP contribution >= 0.6 is 0 Å². The van der Waals surface area contributed by atoms with Gasteiger partial charge < -0.3 is 4.74 Å². The fourth-order valence-corrected chi connectivity index (χ4v) is 2.46. The first-order chi connectivity index (χ1) is 16.5. The van der Waals surface area contributed by atoms with Gasteiger partial charge in [0.25, 0.3) is 0 Å². The van der Waals surface area contributed by atoms with Crippen LogP contribution in [0.2, 0.25) is 0 Å². The smallest absolute Gasteiger partial charge is 0.159 e. The highest BCUT2D eigenvalue weighted by Gasteiger charge is 1.99. The van der Waals surface area contributed by atoms with E-state index in [2.05, 4.69) is 12.1 Å². The van der Waals surface area contributed by atoms with Gasteiger partial charge in [0.2, 0.25) is 0 Å². The summed E-state index contributed by atoms with van der Waals surface area (Å²) in [5.74, 6) is 0.977. The maximum Gasteiger partial charge on any atom is 0.159 e. The van der Waals surface area contributed by atoms with Gasteiger partial charge in [-0.05, 0) is 48.7 Å². The van der Waals surface area contributed by atoms with Crippen LogP contribution in [-0.2, 0) is 4.79 Å². The van der Waals surface area contributed by atoms with E-state index in [1.54, 1.807) is 26.2 Å². The number of Topliss-reactive ketones (excluding diaryl/α,β-unsaturated/α-hetero) is 1. The van der Waals surface area contributed by atoms with Gasteiger partial charge in [-0.3, -0.25) is 9.59 Å². The zero-order valence-electron chi connectivity index (χ0n) is 22.4. The molecule has 0 amide bonds. The molecule has 0 bridgehead atoms. The summed E-state index contributed by atoms with van der Waals surface area (Å²) in [4.78, 5) is 21.7. The van der Waals surface area contributed by atoms with Gasteiger partial charge >= 0.3 is 0 Å². The summed E-state index contributed by atoms with van der Waals surface area (Å²) < 4.78 is 5.00. The Morgan fingerprint density at radius 1 is 0.647 bits per heavy atom. The molecule has 3 heteroatoms. The van der Waals surface area contributed by atoms with E-state index in [1.807, 2.05) is 108 Å². The first kappa shape index (κ1) is 32.7. The Morgan fingerprint density at radius 3 is 1.53 bits per heavy atom. The molecule has 3 aromatic carbocycles. The highest BCUT2D eigenvalue weighted by molar-refractivity contribution is 5.94. The number of benzene rings is 3. The zero-order valence-corrected chi connectivity index (χ0v) is 22.4. The maximum absolute atomic E-state index is 11.1. The Bertz CT molecular complexity index is 923. The molecule has 0 aliphatic carbocycles. The van der Waals surface area contributed by atoms with Gasteiger partial charge in [-0.1, -0.05) is 114 Å². The third-order valence-corrected chi connectivity index (χ3v) is 4.02. The van der Waals surface area contributed by atoms with Crippen molar-refractivity contribution in [3.63, 3.8) is 0 Å². The zero-order chi connectivity index (χ0) is 26.4. The van der Waals surface area contributed by atoms with Crippen molar-refractivity contribution in [1.82, 2.24) is 0 Å². The lowest BCUT2D eigenvalue weighted by atomic mass is 10.0. The van der Waals surface area contributed by atoms with Crippen molar-refractivity contribution in [2.24, 2.45) is 0 Å². The molecule has 0 saturated heterocycles. The Labute approximate surface area is 207 Å². The Hall–Kier alpha value is -3.46. The fourth-order valence-electron chi connectivity index (χ4n) is 2.46. The van der Waals surface area contributed by atoms with Crippen molar-refractivity contribution in [3.8, 4) is 16.9 Å². The monoisotopic (exact) mass is 462 g/mol. The molecular formula is C31H42O3. The topological polar surface area (TPSA) is 43.4 Å². The van der Waals surface area contributed by atoms with Gasteiger partial charge in [-0.25, -0.2) is 0 Å². The molecule has 0 saturated carbocycles. The number of ether oxygens (including phenoxy) is 1. The second kappa shape index (κ2) is 21.4. The summed E-state index contributed by atoms with van der Waals surface area (Å²) in [5, 5.41) is 0. The molecule has 3 aromatic rings. The summed E-state index contributed by atoms with van der Waals surface area (Å²) in [7, 11) is 1.63. The summed E-state index contributed by atoms with van der Waals surface area (Å²) in [6.07, 6.45) is 3.32. The SMILES string of the molecule is CC.CC.CC.CC(=O)c1ccc(-c2ccccc2)cc1.COc1ccc(/C=C/C(C)=O)cc1. The van der Waals surface area contributed by atoms with Gasteiger partial charge in [0.05, 0.1) is 7.11 Å². The minimum absolute atomic E-state index is 0.0517. The molecular weight excluding hydrogens is 420 g/mol. The van der Waals surface area contributed by atoms with Gasteiger partial charge in [0.15, 0.2) is 11.6 Å². The molecule has 0 aromatic heterocycles. The molecule has 0 heterocycles. The molecule has 184 valence electrons. The van der Waals surface area contributed by atoms with Gasteiger partial charge in [-0.2, -0.15) is 0 Å². The summed E-state index contributed by atoms with van der Waals surface area (Å²) >= 11 is 0. The predicted molar refractivity (Wildman–Crippen MR) is 149 cm³/mol. The molecule has 0 aliphatic heterocycles. The normalized spacial score (nSPS) is 8.85. The number of carbonyl (C=O) groups is 2. The number of ketones is 2. The van der Waals surface area contributed by atoms with E-state index in [0.717, 1.165) is 22.4 Å². The van der Waals surface area contributed by atoms with Crippen LogP contribution in [0.3, 0.4) is 0 Å². The van der Waals surface area contributed by atoms with Crippen molar-refractivity contribution in [2.75, 3.05) is 7.11 Å². The molecule has 0 unspecified atom stereocenters. The quantitative estimate of drug-likeness (QED) is 0.281. The Kier molecular flexibility index (Phi) is 20.6. The average molecular weight is 463 g/mol. The standard InChI is InChI=1S/C14H12O.C11H12O2.3C2H6/c1-11(15)12-7-9-14(10-8-12)13-5-3-2-4-6-13;1-9(12)3-4-10-5-7-11(13-2)8-6-10;3*1-2/h2-10H,1H3;3-8H,1-2H3;3*1-2H3/b;4-3+;;;. The molecule has 34 heavy (non-hydrogen) atoms. The van der Waals surface area contributed by atoms with Crippen LogP contribution in [0, 0.1) is 0 Å². The van der Waals surface area contributed by atoms with E-state index >= 15 is 0 Å².